The number of rotatable bonds is 1. The Kier molecular flexibility index (Phi) is 3.72. The van der Waals surface area contributed by atoms with Crippen molar-refractivity contribution in [3.05, 3.63) is 16.8 Å². The lowest BCUT2D eigenvalue weighted by Crippen LogP contribution is -2.45. The predicted octanol–water partition coefficient (Wildman–Crippen LogP) is 3.30. The van der Waals surface area contributed by atoms with Gasteiger partial charge in [-0.2, -0.15) is 0 Å². The molecule has 5 nitrogen and oxygen atoms in total. The van der Waals surface area contributed by atoms with Crippen LogP contribution in [0.1, 0.15) is 42.5 Å². The van der Waals surface area contributed by atoms with Crippen LogP contribution in [0.3, 0.4) is 0 Å². The van der Waals surface area contributed by atoms with Crippen molar-refractivity contribution in [1.29, 1.82) is 0 Å². The quantitative estimate of drug-likeness (QED) is 0.742. The van der Waals surface area contributed by atoms with Crippen LogP contribution in [0.25, 0.3) is 10.2 Å². The van der Waals surface area contributed by atoms with E-state index in [0.29, 0.717) is 0 Å². The summed E-state index contributed by atoms with van der Waals surface area (Å²) in [5.74, 6) is 0.807. The smallest absolute Gasteiger partial charge is 0.171 e. The number of thiophene rings is 1. The van der Waals surface area contributed by atoms with Gasteiger partial charge in [0.1, 0.15) is 17.0 Å². The summed E-state index contributed by atoms with van der Waals surface area (Å²) in [4.78, 5) is 14.4. The molecule has 0 aromatic carbocycles. The maximum absolute atomic E-state index is 5.87. The van der Waals surface area contributed by atoms with Crippen LogP contribution in [0.4, 0.5) is 5.82 Å². The van der Waals surface area contributed by atoms with Crippen LogP contribution in [0.5, 0.6) is 0 Å². The van der Waals surface area contributed by atoms with Crippen LogP contribution >= 0.6 is 11.3 Å². The molecule has 0 atom stereocenters. The van der Waals surface area contributed by atoms with Crippen LogP contribution in [0.2, 0.25) is 0 Å². The summed E-state index contributed by atoms with van der Waals surface area (Å²) in [5.41, 5.74) is 1.52. The first-order valence-electron chi connectivity index (χ1n) is 9.13. The summed E-state index contributed by atoms with van der Waals surface area (Å²) in [6.45, 7) is 3.35. The summed E-state index contributed by atoms with van der Waals surface area (Å²) < 4.78 is 11.7. The number of hydrogen-bond donors (Lipinski definition) is 0. The molecule has 24 heavy (non-hydrogen) atoms. The third-order valence-electron chi connectivity index (χ3n) is 5.62. The summed E-state index contributed by atoms with van der Waals surface area (Å²) in [6.07, 6.45) is 9.91. The van der Waals surface area contributed by atoms with Crippen molar-refractivity contribution in [3.8, 4) is 0 Å². The minimum Gasteiger partial charge on any atom is -0.356 e. The van der Waals surface area contributed by atoms with Crippen LogP contribution < -0.4 is 4.90 Å². The van der Waals surface area contributed by atoms with E-state index in [1.165, 1.54) is 47.9 Å². The van der Waals surface area contributed by atoms with Gasteiger partial charge in [-0.3, -0.25) is 0 Å². The Labute approximate surface area is 146 Å². The zero-order valence-corrected chi connectivity index (χ0v) is 14.7. The molecule has 6 heteroatoms. The average Bonchev–Trinajstić information content (AvgIpc) is 3.13. The van der Waals surface area contributed by atoms with E-state index in [4.69, 9.17) is 14.5 Å². The van der Waals surface area contributed by atoms with E-state index in [2.05, 4.69) is 9.88 Å². The molecule has 5 rings (SSSR count). The Hall–Kier alpha value is -1.24. The van der Waals surface area contributed by atoms with E-state index < -0.39 is 0 Å². The minimum absolute atomic E-state index is 0.325. The van der Waals surface area contributed by atoms with Gasteiger partial charge < -0.3 is 14.4 Å². The van der Waals surface area contributed by atoms with Crippen LogP contribution in [0.15, 0.2) is 6.33 Å². The van der Waals surface area contributed by atoms with Gasteiger partial charge in [0.15, 0.2) is 5.79 Å². The molecule has 2 aromatic rings. The minimum atomic E-state index is -0.325. The molecule has 2 saturated heterocycles. The molecular weight excluding hydrogens is 322 g/mol. The molecule has 3 aliphatic rings. The molecule has 2 aliphatic heterocycles. The fraction of sp³-hybridized carbons (Fsp3) is 0.667. The van der Waals surface area contributed by atoms with E-state index in [1.54, 1.807) is 11.2 Å². The van der Waals surface area contributed by atoms with Gasteiger partial charge in [0.05, 0.1) is 18.6 Å². The second-order valence-corrected chi connectivity index (χ2v) is 8.12. The lowest BCUT2D eigenvalue weighted by atomic mass is 10.0. The van der Waals surface area contributed by atoms with Gasteiger partial charge in [0.25, 0.3) is 0 Å². The molecule has 0 radical (unpaired) electrons. The molecule has 1 aliphatic carbocycles. The molecule has 0 saturated carbocycles. The third-order valence-corrected chi connectivity index (χ3v) is 6.82. The number of aryl methyl sites for hydroxylation is 2. The first kappa shape index (κ1) is 15.0. The topological polar surface area (TPSA) is 47.5 Å². The Balaban J connectivity index is 1.49. The molecule has 0 bridgehead atoms. The summed E-state index contributed by atoms with van der Waals surface area (Å²) in [6, 6.07) is 0. The molecule has 0 N–H and O–H groups in total. The van der Waals surface area contributed by atoms with Crippen molar-refractivity contribution in [3.63, 3.8) is 0 Å². The van der Waals surface area contributed by atoms with Crippen LogP contribution in [0, 0.1) is 0 Å². The van der Waals surface area contributed by atoms with Crippen molar-refractivity contribution in [2.75, 3.05) is 31.2 Å². The van der Waals surface area contributed by atoms with Gasteiger partial charge in [-0.15, -0.1) is 11.3 Å². The largest absolute Gasteiger partial charge is 0.356 e. The zero-order valence-electron chi connectivity index (χ0n) is 13.9. The number of fused-ring (bicyclic) bond motifs is 3. The second-order valence-electron chi connectivity index (χ2n) is 7.04. The Morgan fingerprint density at radius 2 is 1.79 bits per heavy atom. The van der Waals surface area contributed by atoms with E-state index in [-0.39, 0.29) is 5.79 Å². The summed E-state index contributed by atoms with van der Waals surface area (Å²) >= 11 is 1.88. The highest BCUT2D eigenvalue weighted by atomic mass is 32.1. The van der Waals surface area contributed by atoms with E-state index in [0.717, 1.165) is 45.0 Å². The number of nitrogens with zero attached hydrogens (tertiary/aromatic N) is 3. The van der Waals surface area contributed by atoms with Crippen molar-refractivity contribution in [2.45, 2.75) is 50.7 Å². The normalized spacial score (nSPS) is 23.6. The Bertz CT molecular complexity index is 744. The molecule has 2 aromatic heterocycles. The monoisotopic (exact) mass is 345 g/mol. The van der Waals surface area contributed by atoms with E-state index >= 15 is 0 Å². The first-order valence-corrected chi connectivity index (χ1v) is 9.94. The fourth-order valence-electron chi connectivity index (χ4n) is 4.33. The zero-order chi connectivity index (χ0) is 16.0. The molecule has 0 unspecified atom stereocenters. The van der Waals surface area contributed by atoms with E-state index in [1.807, 2.05) is 11.3 Å². The summed E-state index contributed by atoms with van der Waals surface area (Å²) in [5, 5.41) is 1.32. The molecule has 0 amide bonds. The fourth-order valence-corrected chi connectivity index (χ4v) is 5.56. The van der Waals surface area contributed by atoms with Crippen LogP contribution in [-0.4, -0.2) is 42.1 Å². The number of piperidine rings is 1. The van der Waals surface area contributed by atoms with Gasteiger partial charge in [-0.1, -0.05) is 6.42 Å². The number of aromatic nitrogens is 2. The van der Waals surface area contributed by atoms with Gasteiger partial charge in [0.2, 0.25) is 0 Å². The van der Waals surface area contributed by atoms with Gasteiger partial charge >= 0.3 is 0 Å². The Morgan fingerprint density at radius 1 is 1.00 bits per heavy atom. The first-order chi connectivity index (χ1) is 11.8. The van der Waals surface area contributed by atoms with Crippen LogP contribution in [-0.2, 0) is 22.3 Å². The maximum atomic E-state index is 5.87. The van der Waals surface area contributed by atoms with Gasteiger partial charge in [0, 0.05) is 30.8 Å². The average molecular weight is 345 g/mol. The lowest BCUT2D eigenvalue weighted by molar-refractivity contribution is -0.169. The number of hydrogen-bond acceptors (Lipinski definition) is 6. The Morgan fingerprint density at radius 3 is 2.62 bits per heavy atom. The second kappa shape index (κ2) is 5.93. The highest BCUT2D eigenvalue weighted by Crippen LogP contribution is 2.40. The summed E-state index contributed by atoms with van der Waals surface area (Å²) in [7, 11) is 0. The third kappa shape index (κ3) is 2.43. The number of ether oxygens (including phenoxy) is 2. The standard InChI is InChI=1S/C18H23N3O2S/c1-2-4-13-14(5-3-1)24-17-15(13)16(19-12-20-17)21-8-6-18(7-9-21)22-10-11-23-18/h12H,1-11H2. The maximum Gasteiger partial charge on any atom is 0.171 e. The molecular formula is C18H23N3O2S. The van der Waals surface area contributed by atoms with Crippen molar-refractivity contribution in [2.24, 2.45) is 0 Å². The van der Waals surface area contributed by atoms with Crippen molar-refractivity contribution >= 4 is 27.4 Å². The molecule has 4 heterocycles. The lowest BCUT2D eigenvalue weighted by Gasteiger charge is -2.38. The van der Waals surface area contributed by atoms with Gasteiger partial charge in [-0.25, -0.2) is 9.97 Å². The van der Waals surface area contributed by atoms with E-state index in [9.17, 15) is 0 Å². The SMILES string of the molecule is c1nc(N2CCC3(CC2)OCCO3)c2c3c(sc2n1)CCCCC3. The molecule has 1 spiro atoms. The van der Waals surface area contributed by atoms with Crippen molar-refractivity contribution < 1.29 is 9.47 Å². The molecule has 128 valence electrons. The highest BCUT2D eigenvalue weighted by Gasteiger charge is 2.40. The predicted molar refractivity (Wildman–Crippen MR) is 94.8 cm³/mol. The molecule has 2 fully saturated rings. The van der Waals surface area contributed by atoms with Gasteiger partial charge in [-0.05, 0) is 31.2 Å². The highest BCUT2D eigenvalue weighted by molar-refractivity contribution is 7.18. The number of anilines is 1. The van der Waals surface area contributed by atoms with Crippen molar-refractivity contribution in [1.82, 2.24) is 9.97 Å².